The molecule has 5 nitrogen and oxygen atoms in total. The molecule has 2 aromatic carbocycles. The molecule has 0 spiro atoms. The van der Waals surface area contributed by atoms with Gasteiger partial charge in [0, 0.05) is 13.6 Å². The Morgan fingerprint density at radius 3 is 2.65 bits per heavy atom. The van der Waals surface area contributed by atoms with Crippen LogP contribution in [-0.2, 0) is 13.2 Å². The van der Waals surface area contributed by atoms with Gasteiger partial charge >= 0.3 is 0 Å². The molecule has 1 aromatic heterocycles. The summed E-state index contributed by atoms with van der Waals surface area (Å²) in [5.41, 5.74) is 4.74. The smallest absolute Gasteiger partial charge is 0.274 e. The first-order valence-corrected chi connectivity index (χ1v) is 8.57. The van der Waals surface area contributed by atoms with E-state index in [0.717, 1.165) is 17.0 Å². The van der Waals surface area contributed by atoms with Crippen LogP contribution >= 0.6 is 0 Å². The van der Waals surface area contributed by atoms with E-state index >= 15 is 0 Å². The predicted molar refractivity (Wildman–Crippen MR) is 101 cm³/mol. The fraction of sp³-hybridized carbons (Fsp3) is 0.238. The van der Waals surface area contributed by atoms with Gasteiger partial charge < -0.3 is 9.64 Å². The minimum Gasteiger partial charge on any atom is -0.487 e. The fourth-order valence-corrected chi connectivity index (χ4v) is 2.73. The number of aryl methyl sites for hydroxylation is 1. The zero-order chi connectivity index (χ0) is 18.5. The quantitative estimate of drug-likeness (QED) is 0.735. The van der Waals surface area contributed by atoms with Gasteiger partial charge in [0.2, 0.25) is 0 Å². The molecule has 0 atom stereocenters. The Morgan fingerprint density at radius 2 is 1.88 bits per heavy atom. The minimum atomic E-state index is -0.117. The monoisotopic (exact) mass is 349 g/mol. The number of benzene rings is 2. The number of nitrogens with one attached hydrogen (secondary N) is 1. The fourth-order valence-electron chi connectivity index (χ4n) is 2.73. The lowest BCUT2D eigenvalue weighted by Crippen LogP contribution is -2.27. The van der Waals surface area contributed by atoms with Crippen molar-refractivity contribution in [3.8, 4) is 5.75 Å². The van der Waals surface area contributed by atoms with Gasteiger partial charge in [-0.3, -0.25) is 9.89 Å². The number of H-pyrrole nitrogens is 1. The molecule has 0 radical (unpaired) electrons. The molecule has 134 valence electrons. The second-order valence-corrected chi connectivity index (χ2v) is 6.40. The maximum Gasteiger partial charge on any atom is 0.274 e. The van der Waals surface area contributed by atoms with E-state index < -0.39 is 0 Å². The third-order valence-electron chi connectivity index (χ3n) is 4.46. The number of aromatic nitrogens is 2. The number of aromatic amines is 1. The maximum atomic E-state index is 12.6. The van der Waals surface area contributed by atoms with Crippen molar-refractivity contribution in [3.05, 3.63) is 82.7 Å². The normalized spacial score (nSPS) is 10.6. The van der Waals surface area contributed by atoms with Crippen LogP contribution in [0.2, 0.25) is 0 Å². The summed E-state index contributed by atoms with van der Waals surface area (Å²) in [4.78, 5) is 14.3. The van der Waals surface area contributed by atoms with Gasteiger partial charge in [0.05, 0.1) is 5.69 Å². The molecule has 3 aromatic rings. The van der Waals surface area contributed by atoms with Gasteiger partial charge in [-0.15, -0.1) is 0 Å². The lowest BCUT2D eigenvalue weighted by Gasteiger charge is -2.18. The summed E-state index contributed by atoms with van der Waals surface area (Å²) >= 11 is 0. The molecule has 1 N–H and O–H groups in total. The molecule has 0 bridgehead atoms. The Hall–Kier alpha value is -3.08. The highest BCUT2D eigenvalue weighted by molar-refractivity contribution is 5.92. The van der Waals surface area contributed by atoms with Crippen molar-refractivity contribution in [2.24, 2.45) is 0 Å². The topological polar surface area (TPSA) is 58.2 Å². The molecule has 3 rings (SSSR count). The molecule has 0 unspecified atom stereocenters. The highest BCUT2D eigenvalue weighted by Gasteiger charge is 2.16. The van der Waals surface area contributed by atoms with E-state index in [1.165, 1.54) is 11.1 Å². The second kappa shape index (κ2) is 7.87. The number of carbonyl (C=O) groups excluding carboxylic acids is 1. The number of nitrogens with zero attached hydrogens (tertiary/aromatic N) is 2. The third kappa shape index (κ3) is 4.11. The average molecular weight is 349 g/mol. The van der Waals surface area contributed by atoms with Crippen LogP contribution in [0.1, 0.15) is 32.9 Å². The Kier molecular flexibility index (Phi) is 5.37. The molecule has 1 amide bonds. The van der Waals surface area contributed by atoms with E-state index in [1.807, 2.05) is 36.4 Å². The summed E-state index contributed by atoms with van der Waals surface area (Å²) in [5.74, 6) is 0.662. The van der Waals surface area contributed by atoms with E-state index in [-0.39, 0.29) is 5.91 Å². The molecule has 0 fully saturated rings. The van der Waals surface area contributed by atoms with Crippen molar-refractivity contribution in [2.45, 2.75) is 27.0 Å². The maximum absolute atomic E-state index is 12.6. The SMILES string of the molecule is Cc1cccc(CN(C)C(=O)c2cc(COc3ccccc3)[nH]n2)c1C. The summed E-state index contributed by atoms with van der Waals surface area (Å²) in [7, 11) is 1.79. The van der Waals surface area contributed by atoms with Crippen LogP contribution in [0.15, 0.2) is 54.6 Å². The summed E-state index contributed by atoms with van der Waals surface area (Å²) in [6.07, 6.45) is 0. The highest BCUT2D eigenvalue weighted by atomic mass is 16.5. The van der Waals surface area contributed by atoms with Gasteiger partial charge in [-0.25, -0.2) is 0 Å². The Balaban J connectivity index is 1.62. The lowest BCUT2D eigenvalue weighted by atomic mass is 10.0. The Labute approximate surface area is 153 Å². The van der Waals surface area contributed by atoms with Gasteiger partial charge in [0.15, 0.2) is 5.69 Å². The number of ether oxygens (including phenoxy) is 1. The molecular formula is C21H23N3O2. The molecule has 0 aliphatic carbocycles. The van der Waals surface area contributed by atoms with Crippen molar-refractivity contribution in [1.29, 1.82) is 0 Å². The van der Waals surface area contributed by atoms with Crippen LogP contribution in [0.4, 0.5) is 0 Å². The second-order valence-electron chi connectivity index (χ2n) is 6.40. The Bertz CT molecular complexity index is 887. The van der Waals surface area contributed by atoms with Crippen LogP contribution < -0.4 is 4.74 Å². The predicted octanol–water partition coefficient (Wildman–Crippen LogP) is 3.88. The average Bonchev–Trinajstić information content (AvgIpc) is 3.13. The molecule has 0 saturated carbocycles. The first kappa shape index (κ1) is 17.7. The molecule has 26 heavy (non-hydrogen) atoms. The number of para-hydroxylation sites is 1. The van der Waals surface area contributed by atoms with Gasteiger partial charge in [0.1, 0.15) is 12.4 Å². The summed E-state index contributed by atoms with van der Waals surface area (Å²) in [5, 5.41) is 7.01. The van der Waals surface area contributed by atoms with Crippen LogP contribution in [0.5, 0.6) is 5.75 Å². The number of hydrogen-bond donors (Lipinski definition) is 1. The zero-order valence-corrected chi connectivity index (χ0v) is 15.3. The van der Waals surface area contributed by atoms with E-state index in [0.29, 0.717) is 18.8 Å². The van der Waals surface area contributed by atoms with Crippen molar-refractivity contribution in [1.82, 2.24) is 15.1 Å². The van der Waals surface area contributed by atoms with Crippen molar-refractivity contribution in [2.75, 3.05) is 7.05 Å². The van der Waals surface area contributed by atoms with Gasteiger partial charge in [-0.1, -0.05) is 36.4 Å². The molecule has 0 aliphatic rings. The Morgan fingerprint density at radius 1 is 1.12 bits per heavy atom. The highest BCUT2D eigenvalue weighted by Crippen LogP contribution is 2.16. The molecule has 1 heterocycles. The van der Waals surface area contributed by atoms with Crippen molar-refractivity contribution < 1.29 is 9.53 Å². The van der Waals surface area contributed by atoms with Crippen molar-refractivity contribution >= 4 is 5.91 Å². The zero-order valence-electron chi connectivity index (χ0n) is 15.3. The summed E-state index contributed by atoms with van der Waals surface area (Å²) < 4.78 is 5.67. The van der Waals surface area contributed by atoms with Crippen LogP contribution in [0, 0.1) is 13.8 Å². The van der Waals surface area contributed by atoms with Gasteiger partial charge in [0.25, 0.3) is 5.91 Å². The van der Waals surface area contributed by atoms with Gasteiger partial charge in [-0.2, -0.15) is 5.10 Å². The molecular weight excluding hydrogens is 326 g/mol. The number of hydrogen-bond acceptors (Lipinski definition) is 3. The van der Waals surface area contributed by atoms with E-state index in [9.17, 15) is 4.79 Å². The largest absolute Gasteiger partial charge is 0.487 e. The number of rotatable bonds is 6. The first-order valence-electron chi connectivity index (χ1n) is 8.57. The van der Waals surface area contributed by atoms with Crippen LogP contribution in [0.25, 0.3) is 0 Å². The standard InChI is InChI=1S/C21H23N3O2/c1-15-8-7-9-17(16(15)2)13-24(3)21(25)20-12-18(22-23-20)14-26-19-10-5-4-6-11-19/h4-12H,13-14H2,1-3H3,(H,22,23). The third-order valence-corrected chi connectivity index (χ3v) is 4.46. The van der Waals surface area contributed by atoms with Crippen LogP contribution in [-0.4, -0.2) is 28.1 Å². The minimum absolute atomic E-state index is 0.117. The molecule has 0 aliphatic heterocycles. The van der Waals surface area contributed by atoms with Crippen molar-refractivity contribution in [3.63, 3.8) is 0 Å². The van der Waals surface area contributed by atoms with Gasteiger partial charge in [-0.05, 0) is 48.7 Å². The number of amides is 1. The summed E-state index contributed by atoms with van der Waals surface area (Å²) in [6, 6.07) is 17.4. The lowest BCUT2D eigenvalue weighted by molar-refractivity contribution is 0.0779. The van der Waals surface area contributed by atoms with E-state index in [2.05, 4.69) is 36.2 Å². The molecule has 5 heteroatoms. The first-order chi connectivity index (χ1) is 12.5. The van der Waals surface area contributed by atoms with E-state index in [1.54, 1.807) is 18.0 Å². The molecule has 0 saturated heterocycles. The van der Waals surface area contributed by atoms with Crippen LogP contribution in [0.3, 0.4) is 0 Å². The number of carbonyl (C=O) groups is 1. The van der Waals surface area contributed by atoms with E-state index in [4.69, 9.17) is 4.74 Å². The summed E-state index contributed by atoms with van der Waals surface area (Å²) in [6.45, 7) is 5.05.